The number of nitrogens with one attached hydrogen (secondary N) is 2. The number of para-hydroxylation sites is 1. The first-order valence-electron chi connectivity index (χ1n) is 8.66. The summed E-state index contributed by atoms with van der Waals surface area (Å²) in [6, 6.07) is 6.56. The maximum Gasteiger partial charge on any atom is 0.276 e. The normalized spacial score (nSPS) is 21.7. The lowest BCUT2D eigenvalue weighted by atomic mass is 9.88. The number of nitro groups is 1. The fourth-order valence-electron chi connectivity index (χ4n) is 3.57. The van der Waals surface area contributed by atoms with Crippen LogP contribution in [0.5, 0.6) is 0 Å². The summed E-state index contributed by atoms with van der Waals surface area (Å²) < 4.78 is 0. The molecule has 0 fully saturated rings. The average Bonchev–Trinajstić information content (AvgIpc) is 2.97. The molecule has 0 saturated heterocycles. The van der Waals surface area contributed by atoms with Gasteiger partial charge < -0.3 is 10.6 Å². The number of hydrogen-bond acceptors (Lipinski definition) is 5. The maximum atomic E-state index is 12.6. The Hall–Kier alpha value is -2.67. The van der Waals surface area contributed by atoms with Gasteiger partial charge in [0.05, 0.1) is 16.1 Å². The minimum Gasteiger partial charge on any atom is -0.353 e. The first-order chi connectivity index (χ1) is 12.5. The van der Waals surface area contributed by atoms with E-state index in [0.29, 0.717) is 11.5 Å². The summed E-state index contributed by atoms with van der Waals surface area (Å²) in [5, 5.41) is 18.3. The molecule has 1 aliphatic carbocycles. The molecule has 0 saturated carbocycles. The Bertz CT molecular complexity index is 919. The van der Waals surface area contributed by atoms with Crippen LogP contribution in [0.15, 0.2) is 30.3 Å². The molecule has 2 N–H and O–H groups in total. The van der Waals surface area contributed by atoms with Crippen LogP contribution in [0.4, 0.5) is 10.7 Å². The molecule has 26 heavy (non-hydrogen) atoms. The van der Waals surface area contributed by atoms with Crippen molar-refractivity contribution in [3.63, 3.8) is 0 Å². The Morgan fingerprint density at radius 3 is 2.92 bits per heavy atom. The molecule has 0 bridgehead atoms. The van der Waals surface area contributed by atoms with Gasteiger partial charge in [0.2, 0.25) is 0 Å². The highest BCUT2D eigenvalue weighted by molar-refractivity contribution is 7.16. The van der Waals surface area contributed by atoms with Crippen molar-refractivity contribution in [1.82, 2.24) is 5.32 Å². The number of benzene rings is 1. The van der Waals surface area contributed by atoms with Crippen molar-refractivity contribution >= 4 is 34.0 Å². The lowest BCUT2D eigenvalue weighted by Gasteiger charge is -2.24. The Morgan fingerprint density at radius 2 is 2.12 bits per heavy atom. The molecule has 7 heteroatoms. The third kappa shape index (κ3) is 2.99. The molecule has 4 rings (SSSR count). The average molecular weight is 369 g/mol. The van der Waals surface area contributed by atoms with Gasteiger partial charge in [-0.15, -0.1) is 11.3 Å². The molecule has 134 valence electrons. The summed E-state index contributed by atoms with van der Waals surface area (Å²) in [6.45, 7) is 2.24. The first-order valence-corrected chi connectivity index (χ1v) is 9.48. The van der Waals surface area contributed by atoms with Crippen molar-refractivity contribution in [2.24, 2.45) is 5.92 Å². The number of nitro benzene ring substituents is 1. The van der Waals surface area contributed by atoms with Gasteiger partial charge in [-0.1, -0.05) is 19.1 Å². The molecule has 0 spiro atoms. The molecule has 2 aliphatic rings. The monoisotopic (exact) mass is 369 g/mol. The van der Waals surface area contributed by atoms with E-state index in [1.807, 2.05) is 0 Å². The van der Waals surface area contributed by atoms with Gasteiger partial charge in [-0.2, -0.15) is 0 Å². The van der Waals surface area contributed by atoms with Crippen LogP contribution in [0.1, 0.15) is 39.7 Å². The number of thiophene rings is 1. The largest absolute Gasteiger partial charge is 0.353 e. The van der Waals surface area contributed by atoms with Crippen molar-refractivity contribution < 1.29 is 9.72 Å². The second kappa shape index (κ2) is 6.57. The fourth-order valence-corrected chi connectivity index (χ4v) is 5.02. The number of fused-ring (bicyclic) bond motifs is 3. The smallest absolute Gasteiger partial charge is 0.276 e. The molecule has 6 nitrogen and oxygen atoms in total. The third-order valence-corrected chi connectivity index (χ3v) is 6.10. The maximum absolute atomic E-state index is 12.6. The van der Waals surface area contributed by atoms with Crippen LogP contribution in [-0.4, -0.2) is 17.0 Å². The van der Waals surface area contributed by atoms with Gasteiger partial charge in [-0.05, 0) is 49.0 Å². The van der Waals surface area contributed by atoms with Crippen molar-refractivity contribution in [2.45, 2.75) is 32.4 Å². The highest BCUT2D eigenvalue weighted by Crippen LogP contribution is 2.41. The molecule has 1 aliphatic heterocycles. The summed E-state index contributed by atoms with van der Waals surface area (Å²) in [4.78, 5) is 24.6. The molecule has 0 radical (unpaired) electrons. The second-order valence-electron chi connectivity index (χ2n) is 6.83. The van der Waals surface area contributed by atoms with Gasteiger partial charge in [0.1, 0.15) is 11.2 Å². The van der Waals surface area contributed by atoms with Crippen LogP contribution in [0, 0.1) is 16.0 Å². The number of carbonyl (C=O) groups is 1. The zero-order valence-corrected chi connectivity index (χ0v) is 15.1. The van der Waals surface area contributed by atoms with Crippen LogP contribution >= 0.6 is 11.3 Å². The molecule has 0 unspecified atom stereocenters. The van der Waals surface area contributed by atoms with Gasteiger partial charge in [0, 0.05) is 10.9 Å². The highest BCUT2D eigenvalue weighted by atomic mass is 32.1. The fraction of sp³-hybridized carbons (Fsp3) is 0.316. The summed E-state index contributed by atoms with van der Waals surface area (Å²) in [6.07, 6.45) is 6.14. The van der Waals surface area contributed by atoms with E-state index in [-0.39, 0.29) is 17.8 Å². The molecular formula is C19H19N3O3S. The minimum absolute atomic E-state index is 0.0483. The highest BCUT2D eigenvalue weighted by Gasteiger charge is 2.31. The van der Waals surface area contributed by atoms with E-state index in [0.717, 1.165) is 29.8 Å². The van der Waals surface area contributed by atoms with E-state index in [4.69, 9.17) is 0 Å². The van der Waals surface area contributed by atoms with E-state index in [2.05, 4.69) is 17.6 Å². The number of rotatable bonds is 3. The van der Waals surface area contributed by atoms with E-state index >= 15 is 0 Å². The Labute approximate surface area is 155 Å². The van der Waals surface area contributed by atoms with E-state index in [1.165, 1.54) is 16.5 Å². The Kier molecular flexibility index (Phi) is 4.24. The van der Waals surface area contributed by atoms with Gasteiger partial charge >= 0.3 is 0 Å². The summed E-state index contributed by atoms with van der Waals surface area (Å²) in [5.41, 5.74) is 2.53. The molecular weight excluding hydrogens is 350 g/mol. The molecule has 1 aromatic carbocycles. The van der Waals surface area contributed by atoms with Crippen LogP contribution in [0.2, 0.25) is 0 Å². The third-order valence-electron chi connectivity index (χ3n) is 4.91. The zero-order valence-electron chi connectivity index (χ0n) is 14.3. The molecule has 1 aromatic heterocycles. The summed E-state index contributed by atoms with van der Waals surface area (Å²) in [5.74, 6) is 0.586. The quantitative estimate of drug-likeness (QED) is 0.633. The summed E-state index contributed by atoms with van der Waals surface area (Å²) >= 11 is 1.66. The Morgan fingerprint density at radius 1 is 1.31 bits per heavy atom. The van der Waals surface area contributed by atoms with Crippen molar-refractivity contribution in [3.05, 3.63) is 62.0 Å². The number of amides is 1. The van der Waals surface area contributed by atoms with E-state index in [9.17, 15) is 14.9 Å². The number of hydrogen-bond donors (Lipinski definition) is 2. The van der Waals surface area contributed by atoms with Gasteiger partial charge in [-0.25, -0.2) is 0 Å². The molecule has 2 heterocycles. The minimum atomic E-state index is -0.404. The topological polar surface area (TPSA) is 84.3 Å². The van der Waals surface area contributed by atoms with Gasteiger partial charge in [0.15, 0.2) is 0 Å². The molecule has 2 aromatic rings. The van der Waals surface area contributed by atoms with Crippen molar-refractivity contribution in [2.75, 3.05) is 5.32 Å². The number of anilines is 1. The molecule has 2 atom stereocenters. The standard InChI is InChI=1S/C19H19N3O3S/c1-11-6-8-13-15(10-11)26-19-17(13)18(23)20-16(21-19)9-7-12-4-2-3-5-14(12)22(24)25/h2-5,7,9,11,16,21H,6,8,10H2,1H3,(H,20,23)/b9-7+/t11-,16+/m1/s1. The number of nitrogens with zero attached hydrogens (tertiary/aromatic N) is 1. The molecule has 1 amide bonds. The van der Waals surface area contributed by atoms with E-state index in [1.54, 1.807) is 41.7 Å². The van der Waals surface area contributed by atoms with Crippen LogP contribution < -0.4 is 10.6 Å². The van der Waals surface area contributed by atoms with Crippen LogP contribution in [0.25, 0.3) is 6.08 Å². The number of carbonyl (C=O) groups excluding carboxylic acids is 1. The van der Waals surface area contributed by atoms with Gasteiger partial charge in [0.25, 0.3) is 11.6 Å². The SMILES string of the molecule is C[C@@H]1CCc2c(sc3c2C(=O)N[C@H](/C=C/c2ccccc2[N+](=O)[O-])N3)C1. The van der Waals surface area contributed by atoms with Crippen molar-refractivity contribution in [3.8, 4) is 0 Å². The second-order valence-corrected chi connectivity index (χ2v) is 7.93. The predicted molar refractivity (Wildman–Crippen MR) is 103 cm³/mol. The van der Waals surface area contributed by atoms with Crippen LogP contribution in [-0.2, 0) is 12.8 Å². The predicted octanol–water partition coefficient (Wildman–Crippen LogP) is 3.98. The Balaban J connectivity index is 1.59. The zero-order chi connectivity index (χ0) is 18.3. The van der Waals surface area contributed by atoms with Crippen molar-refractivity contribution in [1.29, 1.82) is 0 Å². The van der Waals surface area contributed by atoms with E-state index < -0.39 is 4.92 Å². The lowest BCUT2D eigenvalue weighted by Crippen LogP contribution is -2.43. The van der Waals surface area contributed by atoms with Crippen LogP contribution in [0.3, 0.4) is 0 Å². The first kappa shape index (κ1) is 16.8. The van der Waals surface area contributed by atoms with Gasteiger partial charge in [-0.3, -0.25) is 14.9 Å². The summed E-state index contributed by atoms with van der Waals surface area (Å²) in [7, 11) is 0. The lowest BCUT2D eigenvalue weighted by molar-refractivity contribution is -0.385.